The maximum absolute atomic E-state index is 12.5. The lowest BCUT2D eigenvalue weighted by Gasteiger charge is -2.39. The van der Waals surface area contributed by atoms with Crippen LogP contribution in [0.5, 0.6) is 6.01 Å². The topological polar surface area (TPSA) is 66.2 Å². The van der Waals surface area contributed by atoms with Gasteiger partial charge in [-0.15, -0.1) is 11.3 Å². The van der Waals surface area contributed by atoms with Crippen LogP contribution in [-0.2, 0) is 4.79 Å². The van der Waals surface area contributed by atoms with E-state index in [1.165, 1.54) is 28.1 Å². The molecule has 0 saturated carbocycles. The summed E-state index contributed by atoms with van der Waals surface area (Å²) in [4.78, 5) is 32.1. The van der Waals surface area contributed by atoms with Crippen LogP contribution in [0.25, 0.3) is 37.0 Å². The quantitative estimate of drug-likeness (QED) is 0.235. The third-order valence-electron chi connectivity index (χ3n) is 8.08. The van der Waals surface area contributed by atoms with E-state index in [1.807, 2.05) is 0 Å². The van der Waals surface area contributed by atoms with Gasteiger partial charge in [0.1, 0.15) is 18.5 Å². The first-order valence-electron chi connectivity index (χ1n) is 13.7. The first kappa shape index (κ1) is 26.2. The Balaban J connectivity index is 1.39. The number of anilines is 1. The molecule has 6 rings (SSSR count). The molecule has 8 nitrogen and oxygen atoms in total. The molecule has 2 aromatic carbocycles. The van der Waals surface area contributed by atoms with Gasteiger partial charge in [0.05, 0.1) is 5.52 Å². The number of piperazine rings is 1. The molecule has 2 fully saturated rings. The van der Waals surface area contributed by atoms with Gasteiger partial charge in [-0.2, -0.15) is 9.97 Å². The summed E-state index contributed by atoms with van der Waals surface area (Å²) in [5, 5.41) is 4.28. The lowest BCUT2D eigenvalue weighted by atomic mass is 10.0. The molecular formula is C31H32N6O2S. The number of hydrogen-bond acceptors (Lipinski definition) is 7. The maximum Gasteiger partial charge on any atom is 0.319 e. The molecule has 2 atom stereocenters. The summed E-state index contributed by atoms with van der Waals surface area (Å²) in [5.74, 6) is 0.638. The van der Waals surface area contributed by atoms with Gasteiger partial charge >= 0.3 is 6.01 Å². The number of thiophene rings is 1. The number of likely N-dealkylation sites (tertiary alicyclic amines) is 1. The highest BCUT2D eigenvalue weighted by Crippen LogP contribution is 2.35. The normalized spacial score (nSPS) is 19.7. The summed E-state index contributed by atoms with van der Waals surface area (Å²) >= 11 is 1.74. The van der Waals surface area contributed by atoms with Crippen molar-refractivity contribution in [1.29, 1.82) is 0 Å². The second-order valence-electron chi connectivity index (χ2n) is 10.5. The fraction of sp³-hybridized carbons (Fsp3) is 0.355. The van der Waals surface area contributed by atoms with Gasteiger partial charge in [-0.3, -0.25) is 4.79 Å². The first-order valence-corrected chi connectivity index (χ1v) is 14.6. The molecular weight excluding hydrogens is 520 g/mol. The standard InChI is InChI=1S/C31H32N6O2S/c1-4-29(38)37-15-14-36(19-23(37)18-32-2)30-26-11-10-21(24-8-5-9-28-25(24)12-16-40-28)17-27(26)33-31(34-30)39-20-22-7-6-13-35(22)3/h4-5,8-12,16-17,22-23H,1,6-7,13-15,18-20H2,3H3/t22-,23-/m0/s1. The van der Waals surface area contributed by atoms with Crippen molar-refractivity contribution < 1.29 is 9.53 Å². The largest absolute Gasteiger partial charge is 0.462 e. The number of fused-ring (bicyclic) bond motifs is 2. The fourth-order valence-corrected chi connectivity index (χ4v) is 6.70. The van der Waals surface area contributed by atoms with E-state index < -0.39 is 0 Å². The molecule has 0 aliphatic carbocycles. The zero-order chi connectivity index (χ0) is 27.6. The van der Waals surface area contributed by atoms with Gasteiger partial charge in [-0.05, 0) is 73.3 Å². The van der Waals surface area contributed by atoms with Crippen molar-refractivity contribution in [1.82, 2.24) is 19.8 Å². The van der Waals surface area contributed by atoms with E-state index in [0.29, 0.717) is 38.3 Å². The number of hydrogen-bond donors (Lipinski definition) is 0. The molecule has 4 heterocycles. The molecule has 40 heavy (non-hydrogen) atoms. The summed E-state index contributed by atoms with van der Waals surface area (Å²) in [6.07, 6.45) is 3.60. The number of aromatic nitrogens is 2. The van der Waals surface area contributed by atoms with Gasteiger partial charge < -0.3 is 24.3 Å². The molecule has 2 saturated heterocycles. The molecule has 0 radical (unpaired) electrons. The predicted molar refractivity (Wildman–Crippen MR) is 161 cm³/mol. The van der Waals surface area contributed by atoms with E-state index in [4.69, 9.17) is 21.3 Å². The van der Waals surface area contributed by atoms with E-state index >= 15 is 0 Å². The molecule has 1 amide bonds. The smallest absolute Gasteiger partial charge is 0.319 e. The van der Waals surface area contributed by atoms with Crippen molar-refractivity contribution in [3.8, 4) is 17.1 Å². The highest BCUT2D eigenvalue weighted by Gasteiger charge is 2.33. The monoisotopic (exact) mass is 552 g/mol. The molecule has 2 aliphatic heterocycles. The SMILES string of the molecule is [C-]#[N+]C[C@H]1CN(c2nc(OC[C@@H]3CCCN3C)nc3cc(-c4cccc5sccc45)ccc23)CCN1C(=O)C=C. The van der Waals surface area contributed by atoms with Gasteiger partial charge in [0.25, 0.3) is 0 Å². The Hall–Kier alpha value is -4.00. The number of likely N-dealkylation sites (N-methyl/N-ethyl adjacent to an activating group) is 1. The molecule has 204 valence electrons. The second-order valence-corrected chi connectivity index (χ2v) is 11.4. The zero-order valence-electron chi connectivity index (χ0n) is 22.6. The maximum atomic E-state index is 12.5. The molecule has 4 aromatic rings. The molecule has 2 aliphatic rings. The number of nitrogens with zero attached hydrogens (tertiary/aromatic N) is 6. The Labute approximate surface area is 238 Å². The minimum atomic E-state index is -0.242. The van der Waals surface area contributed by atoms with E-state index in [0.717, 1.165) is 35.2 Å². The van der Waals surface area contributed by atoms with Crippen molar-refractivity contribution in [3.63, 3.8) is 0 Å². The van der Waals surface area contributed by atoms with E-state index in [2.05, 4.69) is 76.1 Å². The zero-order valence-corrected chi connectivity index (χ0v) is 23.4. The van der Waals surface area contributed by atoms with E-state index in [9.17, 15) is 4.79 Å². The van der Waals surface area contributed by atoms with Crippen LogP contribution < -0.4 is 9.64 Å². The van der Waals surface area contributed by atoms with Crippen molar-refractivity contribution >= 4 is 44.1 Å². The molecule has 0 N–H and O–H groups in total. The third-order valence-corrected chi connectivity index (χ3v) is 8.96. The Kier molecular flexibility index (Phi) is 7.37. The average Bonchev–Trinajstić information content (AvgIpc) is 3.63. The Morgan fingerprint density at radius 3 is 2.88 bits per heavy atom. The predicted octanol–water partition coefficient (Wildman–Crippen LogP) is 5.11. The van der Waals surface area contributed by atoms with Crippen LogP contribution in [0.3, 0.4) is 0 Å². The number of carbonyl (C=O) groups excluding carboxylic acids is 1. The van der Waals surface area contributed by atoms with Crippen LogP contribution in [0.15, 0.2) is 60.5 Å². The Morgan fingerprint density at radius 1 is 1.18 bits per heavy atom. The number of rotatable bonds is 7. The number of carbonyl (C=O) groups is 1. The summed E-state index contributed by atoms with van der Waals surface area (Å²) in [7, 11) is 2.13. The minimum absolute atomic E-state index is 0.141. The minimum Gasteiger partial charge on any atom is -0.462 e. The van der Waals surface area contributed by atoms with E-state index in [-0.39, 0.29) is 18.5 Å². The van der Waals surface area contributed by atoms with Crippen molar-refractivity contribution in [2.45, 2.75) is 24.9 Å². The van der Waals surface area contributed by atoms with Gasteiger partial charge in [0.2, 0.25) is 12.5 Å². The van der Waals surface area contributed by atoms with Gasteiger partial charge in [0.15, 0.2) is 0 Å². The van der Waals surface area contributed by atoms with E-state index in [1.54, 1.807) is 16.2 Å². The number of amides is 1. The Bertz CT molecular complexity index is 1610. The second kappa shape index (κ2) is 11.2. The molecule has 9 heteroatoms. The van der Waals surface area contributed by atoms with Gasteiger partial charge in [0, 0.05) is 41.1 Å². The first-order chi connectivity index (χ1) is 19.6. The van der Waals surface area contributed by atoms with Gasteiger partial charge in [-0.1, -0.05) is 24.8 Å². The van der Waals surface area contributed by atoms with Crippen molar-refractivity contribution in [3.05, 3.63) is 71.9 Å². The summed E-state index contributed by atoms with van der Waals surface area (Å²) < 4.78 is 7.49. The molecule has 0 bridgehead atoms. The molecule has 0 unspecified atom stereocenters. The summed E-state index contributed by atoms with van der Waals surface area (Å²) in [6, 6.07) is 15.4. The number of ether oxygens (including phenoxy) is 1. The number of benzene rings is 2. The van der Waals surface area contributed by atoms with Crippen molar-refractivity contribution in [2.24, 2.45) is 0 Å². The van der Waals surface area contributed by atoms with Crippen LogP contribution in [0.1, 0.15) is 12.8 Å². The summed E-state index contributed by atoms with van der Waals surface area (Å²) in [5.41, 5.74) is 3.08. The average molecular weight is 553 g/mol. The highest BCUT2D eigenvalue weighted by atomic mass is 32.1. The fourth-order valence-electron chi connectivity index (χ4n) is 5.89. The lowest BCUT2D eigenvalue weighted by molar-refractivity contribution is -0.128. The van der Waals surface area contributed by atoms with Gasteiger partial charge in [-0.25, -0.2) is 6.57 Å². The van der Waals surface area contributed by atoms with Crippen LogP contribution in [0.4, 0.5) is 5.82 Å². The molecule has 0 spiro atoms. The summed E-state index contributed by atoms with van der Waals surface area (Å²) in [6.45, 7) is 14.6. The van der Waals surface area contributed by atoms with Crippen LogP contribution >= 0.6 is 11.3 Å². The Morgan fingerprint density at radius 2 is 2.08 bits per heavy atom. The van der Waals surface area contributed by atoms with Crippen molar-refractivity contribution in [2.75, 3.05) is 51.3 Å². The van der Waals surface area contributed by atoms with Crippen LogP contribution in [-0.4, -0.2) is 84.1 Å². The third kappa shape index (κ3) is 5.01. The van der Waals surface area contributed by atoms with Crippen LogP contribution in [0, 0.1) is 6.57 Å². The lowest BCUT2D eigenvalue weighted by Crippen LogP contribution is -2.56. The molecule has 2 aromatic heterocycles. The highest BCUT2D eigenvalue weighted by molar-refractivity contribution is 7.17. The van der Waals surface area contributed by atoms with Crippen LogP contribution in [0.2, 0.25) is 0 Å².